The second kappa shape index (κ2) is 8.56. The van der Waals surface area contributed by atoms with Crippen molar-refractivity contribution < 1.29 is 9.84 Å². The van der Waals surface area contributed by atoms with Gasteiger partial charge >= 0.3 is 0 Å². The number of nitrogens with zero attached hydrogens (tertiary/aromatic N) is 2. The fourth-order valence-electron chi connectivity index (χ4n) is 3.67. The van der Waals surface area contributed by atoms with Crippen LogP contribution in [0.2, 0.25) is 0 Å². The monoisotopic (exact) mass is 354 g/mol. The molecule has 0 aliphatic carbocycles. The Labute approximate surface area is 157 Å². The van der Waals surface area contributed by atoms with Crippen LogP contribution in [0.3, 0.4) is 0 Å². The van der Waals surface area contributed by atoms with Gasteiger partial charge in [0.05, 0.1) is 13.2 Å². The quantitative estimate of drug-likeness (QED) is 0.852. The molecule has 1 saturated heterocycles. The topological polar surface area (TPSA) is 35.9 Å². The first-order valence-corrected chi connectivity index (χ1v) is 9.60. The molecule has 26 heavy (non-hydrogen) atoms. The van der Waals surface area contributed by atoms with E-state index in [2.05, 4.69) is 41.0 Å². The average Bonchev–Trinajstić information content (AvgIpc) is 2.72. The van der Waals surface area contributed by atoms with Gasteiger partial charge in [0, 0.05) is 43.0 Å². The number of methoxy groups -OCH3 is 1. The number of aliphatic hydroxyl groups is 1. The molecule has 140 valence electrons. The van der Waals surface area contributed by atoms with Gasteiger partial charge in [-0.3, -0.25) is 0 Å². The van der Waals surface area contributed by atoms with Crippen molar-refractivity contribution in [1.29, 1.82) is 0 Å². The van der Waals surface area contributed by atoms with Gasteiger partial charge in [-0.2, -0.15) is 0 Å². The minimum Gasteiger partial charge on any atom is -0.496 e. The van der Waals surface area contributed by atoms with Gasteiger partial charge in [-0.25, -0.2) is 0 Å². The van der Waals surface area contributed by atoms with Crippen LogP contribution in [0.25, 0.3) is 11.1 Å². The lowest BCUT2D eigenvalue weighted by molar-refractivity contribution is 0.169. The van der Waals surface area contributed by atoms with Crippen LogP contribution in [0.5, 0.6) is 5.75 Å². The zero-order chi connectivity index (χ0) is 18.5. The van der Waals surface area contributed by atoms with E-state index in [0.29, 0.717) is 6.42 Å². The number of rotatable bonds is 6. The number of hydrogen-bond donors (Lipinski definition) is 1. The highest BCUT2D eigenvalue weighted by molar-refractivity contribution is 5.77. The second-order valence-electron chi connectivity index (χ2n) is 6.83. The third kappa shape index (κ3) is 3.87. The molecular formula is C22H30N2O2. The minimum absolute atomic E-state index is 0.524. The van der Waals surface area contributed by atoms with Crippen molar-refractivity contribution in [1.82, 2.24) is 4.90 Å². The first kappa shape index (κ1) is 18.7. The van der Waals surface area contributed by atoms with Crippen molar-refractivity contribution in [2.45, 2.75) is 26.4 Å². The lowest BCUT2D eigenvalue weighted by atomic mass is 9.96. The molecule has 0 spiro atoms. The summed E-state index contributed by atoms with van der Waals surface area (Å²) >= 11 is 0. The van der Waals surface area contributed by atoms with Gasteiger partial charge in [0.15, 0.2) is 0 Å². The van der Waals surface area contributed by atoms with E-state index in [0.717, 1.165) is 55.2 Å². The third-order valence-corrected chi connectivity index (χ3v) is 5.32. The normalized spacial score (nSPS) is 16.5. The molecule has 1 heterocycles. The summed E-state index contributed by atoms with van der Waals surface area (Å²) in [4.78, 5) is 4.89. The molecule has 1 unspecified atom stereocenters. The molecule has 1 aliphatic heterocycles. The van der Waals surface area contributed by atoms with E-state index in [4.69, 9.17) is 4.74 Å². The molecule has 1 N–H and O–H groups in total. The Bertz CT molecular complexity index is 710. The highest BCUT2D eigenvalue weighted by Gasteiger charge is 2.22. The van der Waals surface area contributed by atoms with Gasteiger partial charge in [-0.1, -0.05) is 44.2 Å². The summed E-state index contributed by atoms with van der Waals surface area (Å²) in [6.45, 7) is 9.49. The average molecular weight is 354 g/mol. The third-order valence-electron chi connectivity index (χ3n) is 5.32. The number of likely N-dealkylation sites (N-methyl/N-ethyl adjacent to an activating group) is 1. The van der Waals surface area contributed by atoms with Crippen LogP contribution in [0.15, 0.2) is 42.5 Å². The molecule has 0 bridgehead atoms. The van der Waals surface area contributed by atoms with Crippen molar-refractivity contribution in [3.05, 3.63) is 48.0 Å². The molecule has 0 saturated carbocycles. The largest absolute Gasteiger partial charge is 0.496 e. The van der Waals surface area contributed by atoms with Crippen LogP contribution in [0.1, 0.15) is 31.9 Å². The van der Waals surface area contributed by atoms with E-state index in [1.54, 1.807) is 7.11 Å². The Kier molecular flexibility index (Phi) is 6.17. The maximum absolute atomic E-state index is 10.6. The molecule has 3 rings (SSSR count). The SMILES string of the molecule is CCC(O)c1cc(N2CCN(CC)CC2)cc(-c2ccccc2)c1OC. The zero-order valence-corrected chi connectivity index (χ0v) is 16.1. The fraction of sp³-hybridized carbons (Fsp3) is 0.455. The fourth-order valence-corrected chi connectivity index (χ4v) is 3.67. The molecule has 1 fully saturated rings. The van der Waals surface area contributed by atoms with E-state index >= 15 is 0 Å². The Balaban J connectivity index is 2.05. The summed E-state index contributed by atoms with van der Waals surface area (Å²) in [5.41, 5.74) is 4.21. The summed E-state index contributed by atoms with van der Waals surface area (Å²) in [6, 6.07) is 14.6. The van der Waals surface area contributed by atoms with Crippen molar-refractivity contribution in [3.8, 4) is 16.9 Å². The van der Waals surface area contributed by atoms with E-state index < -0.39 is 6.10 Å². The van der Waals surface area contributed by atoms with Crippen LogP contribution in [-0.4, -0.2) is 49.8 Å². The number of anilines is 1. The smallest absolute Gasteiger partial charge is 0.132 e. The van der Waals surface area contributed by atoms with E-state index in [1.807, 2.05) is 25.1 Å². The Hall–Kier alpha value is -2.04. The second-order valence-corrected chi connectivity index (χ2v) is 6.83. The number of piperazine rings is 1. The van der Waals surface area contributed by atoms with Gasteiger partial charge in [0.25, 0.3) is 0 Å². The predicted octanol–water partition coefficient (Wildman–Crippen LogP) is 3.95. The first-order chi connectivity index (χ1) is 12.7. The Morgan fingerprint density at radius 2 is 1.73 bits per heavy atom. The van der Waals surface area contributed by atoms with Crippen molar-refractivity contribution >= 4 is 5.69 Å². The van der Waals surface area contributed by atoms with Crippen LogP contribution < -0.4 is 9.64 Å². The Morgan fingerprint density at radius 3 is 2.31 bits per heavy atom. The van der Waals surface area contributed by atoms with Gasteiger partial charge in [0.2, 0.25) is 0 Å². The summed E-state index contributed by atoms with van der Waals surface area (Å²) in [5.74, 6) is 0.779. The van der Waals surface area contributed by atoms with Gasteiger partial charge in [-0.15, -0.1) is 0 Å². The maximum Gasteiger partial charge on any atom is 0.132 e. The van der Waals surface area contributed by atoms with Crippen molar-refractivity contribution in [2.24, 2.45) is 0 Å². The Morgan fingerprint density at radius 1 is 1.04 bits per heavy atom. The number of benzene rings is 2. The molecule has 4 nitrogen and oxygen atoms in total. The standard InChI is InChI=1S/C22H30N2O2/c1-4-21(25)20-16-18(24-13-11-23(5-2)12-14-24)15-19(22(20)26-3)17-9-7-6-8-10-17/h6-10,15-16,21,25H,4-5,11-14H2,1-3H3. The highest BCUT2D eigenvalue weighted by atomic mass is 16.5. The maximum atomic E-state index is 10.6. The molecule has 1 aliphatic rings. The molecule has 0 aromatic heterocycles. The lowest BCUT2D eigenvalue weighted by Crippen LogP contribution is -2.46. The van der Waals surface area contributed by atoms with Crippen LogP contribution in [-0.2, 0) is 0 Å². The van der Waals surface area contributed by atoms with Gasteiger partial charge in [-0.05, 0) is 30.7 Å². The van der Waals surface area contributed by atoms with Crippen LogP contribution in [0.4, 0.5) is 5.69 Å². The van der Waals surface area contributed by atoms with Gasteiger partial charge in [0.1, 0.15) is 5.75 Å². The summed E-state index contributed by atoms with van der Waals surface area (Å²) < 4.78 is 5.74. The zero-order valence-electron chi connectivity index (χ0n) is 16.1. The van der Waals surface area contributed by atoms with E-state index in [1.165, 1.54) is 5.69 Å². The number of hydrogen-bond acceptors (Lipinski definition) is 4. The van der Waals surface area contributed by atoms with Crippen molar-refractivity contribution in [2.75, 3.05) is 44.7 Å². The number of ether oxygens (including phenoxy) is 1. The van der Waals surface area contributed by atoms with Gasteiger partial charge < -0.3 is 19.6 Å². The van der Waals surface area contributed by atoms with E-state index in [9.17, 15) is 5.11 Å². The van der Waals surface area contributed by atoms with E-state index in [-0.39, 0.29) is 0 Å². The minimum atomic E-state index is -0.524. The molecule has 2 aromatic rings. The first-order valence-electron chi connectivity index (χ1n) is 9.60. The predicted molar refractivity (Wildman–Crippen MR) is 108 cm³/mol. The molecule has 1 atom stereocenters. The molecule has 0 amide bonds. The van der Waals surface area contributed by atoms with Crippen molar-refractivity contribution in [3.63, 3.8) is 0 Å². The summed E-state index contributed by atoms with van der Waals surface area (Å²) in [7, 11) is 1.69. The molecule has 0 radical (unpaired) electrons. The molecule has 4 heteroatoms. The summed E-state index contributed by atoms with van der Waals surface area (Å²) in [5, 5.41) is 10.6. The molecular weight excluding hydrogens is 324 g/mol. The van der Waals surface area contributed by atoms with Crippen LogP contribution >= 0.6 is 0 Å². The molecule has 2 aromatic carbocycles. The highest BCUT2D eigenvalue weighted by Crippen LogP contribution is 2.40. The lowest BCUT2D eigenvalue weighted by Gasteiger charge is -2.36. The number of aliphatic hydroxyl groups excluding tert-OH is 1. The van der Waals surface area contributed by atoms with Crippen LogP contribution in [0, 0.1) is 0 Å². The summed E-state index contributed by atoms with van der Waals surface area (Å²) in [6.07, 6.45) is 0.141.